The van der Waals surface area contributed by atoms with Crippen molar-refractivity contribution >= 4 is 11.9 Å². The van der Waals surface area contributed by atoms with Crippen molar-refractivity contribution in [3.8, 4) is 5.69 Å². The third kappa shape index (κ3) is 3.80. The predicted molar refractivity (Wildman–Crippen MR) is 101 cm³/mol. The number of rotatable bonds is 6. The summed E-state index contributed by atoms with van der Waals surface area (Å²) in [5.74, 6) is 0. The lowest BCUT2D eigenvalue weighted by atomic mass is 10.2. The first-order valence-corrected chi connectivity index (χ1v) is 8.19. The molecule has 6 heteroatoms. The molecule has 0 aliphatic carbocycles. The Bertz CT molecular complexity index is 946. The van der Waals surface area contributed by atoms with E-state index in [-0.39, 0.29) is 5.69 Å². The minimum absolute atomic E-state index is 0.0661. The molecule has 0 bridgehead atoms. The van der Waals surface area contributed by atoms with Crippen LogP contribution in [0, 0.1) is 24.0 Å². The highest BCUT2D eigenvalue weighted by molar-refractivity contribution is 5.81. The molecule has 132 valence electrons. The highest BCUT2D eigenvalue weighted by atomic mass is 16.6. The van der Waals surface area contributed by atoms with E-state index in [9.17, 15) is 10.1 Å². The molecule has 3 rings (SSSR count). The van der Waals surface area contributed by atoms with Crippen LogP contribution in [0.15, 0.2) is 65.8 Å². The second-order valence-electron chi connectivity index (χ2n) is 5.93. The summed E-state index contributed by atoms with van der Waals surface area (Å²) in [6, 6.07) is 18.4. The maximum atomic E-state index is 11.0. The van der Waals surface area contributed by atoms with Crippen LogP contribution in [-0.2, 0) is 11.4 Å². The summed E-state index contributed by atoms with van der Waals surface area (Å²) in [7, 11) is 0. The Morgan fingerprint density at radius 1 is 1.12 bits per heavy atom. The molecule has 0 spiro atoms. The Morgan fingerprint density at radius 3 is 2.62 bits per heavy atom. The molecular formula is C20H19N3O3. The van der Waals surface area contributed by atoms with Crippen molar-refractivity contribution in [1.82, 2.24) is 4.57 Å². The summed E-state index contributed by atoms with van der Waals surface area (Å²) < 4.78 is 1.96. The van der Waals surface area contributed by atoms with Crippen LogP contribution in [0.3, 0.4) is 0 Å². The van der Waals surface area contributed by atoms with Gasteiger partial charge in [0.15, 0.2) is 0 Å². The van der Waals surface area contributed by atoms with E-state index in [1.54, 1.807) is 18.3 Å². The summed E-state index contributed by atoms with van der Waals surface area (Å²) in [5.41, 5.74) is 4.67. The van der Waals surface area contributed by atoms with Gasteiger partial charge in [0.1, 0.15) is 6.61 Å². The van der Waals surface area contributed by atoms with Gasteiger partial charge in [-0.05, 0) is 31.5 Å². The van der Waals surface area contributed by atoms with Gasteiger partial charge in [0.2, 0.25) is 0 Å². The van der Waals surface area contributed by atoms with E-state index in [4.69, 9.17) is 4.84 Å². The maximum absolute atomic E-state index is 11.0. The van der Waals surface area contributed by atoms with Crippen molar-refractivity contribution in [3.63, 3.8) is 0 Å². The van der Waals surface area contributed by atoms with E-state index >= 15 is 0 Å². The zero-order valence-corrected chi connectivity index (χ0v) is 14.6. The zero-order valence-electron chi connectivity index (χ0n) is 14.6. The Morgan fingerprint density at radius 2 is 1.88 bits per heavy atom. The molecule has 26 heavy (non-hydrogen) atoms. The predicted octanol–water partition coefficient (Wildman–Crippen LogP) is 4.55. The van der Waals surface area contributed by atoms with Gasteiger partial charge in [-0.25, -0.2) is 0 Å². The van der Waals surface area contributed by atoms with Gasteiger partial charge in [0.25, 0.3) is 5.69 Å². The van der Waals surface area contributed by atoms with Crippen LogP contribution in [0.2, 0.25) is 0 Å². The number of oxime groups is 1. The third-order valence-corrected chi connectivity index (χ3v) is 4.11. The second-order valence-corrected chi connectivity index (χ2v) is 5.93. The van der Waals surface area contributed by atoms with Crippen LogP contribution in [-0.4, -0.2) is 15.7 Å². The first kappa shape index (κ1) is 17.4. The lowest BCUT2D eigenvalue weighted by Gasteiger charge is -2.09. The number of hydrogen-bond acceptors (Lipinski definition) is 4. The number of aromatic nitrogens is 1. The van der Waals surface area contributed by atoms with Gasteiger partial charge in [-0.2, -0.15) is 0 Å². The summed E-state index contributed by atoms with van der Waals surface area (Å²) in [4.78, 5) is 16.0. The molecule has 0 atom stereocenters. The third-order valence-electron chi connectivity index (χ3n) is 4.11. The van der Waals surface area contributed by atoms with Gasteiger partial charge in [0, 0.05) is 29.1 Å². The van der Waals surface area contributed by atoms with Gasteiger partial charge < -0.3 is 9.40 Å². The van der Waals surface area contributed by atoms with Crippen molar-refractivity contribution in [3.05, 3.63) is 93.3 Å². The van der Waals surface area contributed by atoms with Crippen molar-refractivity contribution in [2.75, 3.05) is 0 Å². The summed E-state index contributed by atoms with van der Waals surface area (Å²) >= 11 is 0. The molecular weight excluding hydrogens is 330 g/mol. The van der Waals surface area contributed by atoms with E-state index in [0.717, 1.165) is 28.2 Å². The Hall–Kier alpha value is -3.41. The number of nitro groups is 1. The van der Waals surface area contributed by atoms with Crippen LogP contribution < -0.4 is 0 Å². The quantitative estimate of drug-likeness (QED) is 0.372. The average Bonchev–Trinajstić information content (AvgIpc) is 2.93. The molecule has 0 amide bonds. The first-order valence-electron chi connectivity index (χ1n) is 8.19. The minimum atomic E-state index is -0.391. The molecule has 0 aliphatic heterocycles. The Balaban J connectivity index is 1.78. The van der Waals surface area contributed by atoms with Gasteiger partial charge in [-0.15, -0.1) is 0 Å². The highest BCUT2D eigenvalue weighted by Crippen LogP contribution is 2.23. The maximum Gasteiger partial charge on any atom is 0.271 e. The van der Waals surface area contributed by atoms with Crippen molar-refractivity contribution in [2.45, 2.75) is 20.5 Å². The number of benzene rings is 2. The van der Waals surface area contributed by atoms with Gasteiger partial charge in [-0.1, -0.05) is 41.6 Å². The molecule has 0 fully saturated rings. The van der Waals surface area contributed by atoms with Gasteiger partial charge >= 0.3 is 0 Å². The van der Waals surface area contributed by atoms with E-state index in [0.29, 0.717) is 6.61 Å². The van der Waals surface area contributed by atoms with Crippen LogP contribution in [0.25, 0.3) is 5.69 Å². The molecule has 0 aliphatic rings. The fourth-order valence-corrected chi connectivity index (χ4v) is 2.84. The standard InChI is InChI=1S/C20H19N3O3/c1-15-11-18(13-21-26-14-17-7-4-3-5-8-17)16(2)22(15)19-9-6-10-20(12-19)23(24)25/h3-13H,14H2,1-2H3/b21-13+. The largest absolute Gasteiger partial charge is 0.391 e. The van der Waals surface area contributed by atoms with Crippen LogP contribution in [0.5, 0.6) is 0 Å². The summed E-state index contributed by atoms with van der Waals surface area (Å²) in [5, 5.41) is 15.1. The van der Waals surface area contributed by atoms with E-state index in [1.807, 2.05) is 60.9 Å². The zero-order chi connectivity index (χ0) is 18.5. The number of non-ortho nitro benzene ring substituents is 1. The van der Waals surface area contributed by atoms with Crippen molar-refractivity contribution in [2.24, 2.45) is 5.16 Å². The van der Waals surface area contributed by atoms with Crippen LogP contribution in [0.4, 0.5) is 5.69 Å². The topological polar surface area (TPSA) is 69.7 Å². The van der Waals surface area contributed by atoms with E-state index in [2.05, 4.69) is 5.16 Å². The fraction of sp³-hybridized carbons (Fsp3) is 0.150. The molecule has 6 nitrogen and oxygen atoms in total. The van der Waals surface area contributed by atoms with Crippen LogP contribution >= 0.6 is 0 Å². The summed E-state index contributed by atoms with van der Waals surface area (Å²) in [6.45, 7) is 4.30. The molecule has 3 aromatic rings. The second kappa shape index (κ2) is 7.65. The number of nitro benzene ring substituents is 1. The SMILES string of the molecule is Cc1cc(/C=N/OCc2ccccc2)c(C)n1-c1cccc([N+](=O)[O-])c1. The molecule has 0 saturated carbocycles. The van der Waals surface area contributed by atoms with E-state index < -0.39 is 4.92 Å². The molecule has 2 aromatic carbocycles. The van der Waals surface area contributed by atoms with Crippen LogP contribution in [0.1, 0.15) is 22.5 Å². The monoisotopic (exact) mass is 349 g/mol. The molecule has 0 unspecified atom stereocenters. The number of aryl methyl sites for hydroxylation is 1. The smallest absolute Gasteiger partial charge is 0.271 e. The molecule has 0 N–H and O–H groups in total. The van der Waals surface area contributed by atoms with Gasteiger partial charge in [-0.3, -0.25) is 10.1 Å². The lowest BCUT2D eigenvalue weighted by Crippen LogP contribution is -2.00. The van der Waals surface area contributed by atoms with Crippen molar-refractivity contribution in [1.29, 1.82) is 0 Å². The van der Waals surface area contributed by atoms with Gasteiger partial charge in [0.05, 0.1) is 16.8 Å². The summed E-state index contributed by atoms with van der Waals surface area (Å²) in [6.07, 6.45) is 1.67. The molecule has 1 heterocycles. The molecule has 1 aromatic heterocycles. The minimum Gasteiger partial charge on any atom is -0.391 e. The Kier molecular flexibility index (Phi) is 5.12. The fourth-order valence-electron chi connectivity index (χ4n) is 2.84. The average molecular weight is 349 g/mol. The number of nitrogens with zero attached hydrogens (tertiary/aromatic N) is 3. The number of hydrogen-bond donors (Lipinski definition) is 0. The Labute approximate surface area is 151 Å². The van der Waals surface area contributed by atoms with E-state index in [1.165, 1.54) is 6.07 Å². The highest BCUT2D eigenvalue weighted by Gasteiger charge is 2.12. The van der Waals surface area contributed by atoms with Crippen molar-refractivity contribution < 1.29 is 9.76 Å². The normalized spacial score (nSPS) is 11.0. The first-order chi connectivity index (χ1) is 12.6. The molecule has 0 saturated heterocycles. The lowest BCUT2D eigenvalue weighted by molar-refractivity contribution is -0.384. The molecule has 0 radical (unpaired) electrons.